The van der Waals surface area contributed by atoms with Crippen LogP contribution in [0.1, 0.15) is 76.0 Å². The maximum atomic E-state index is 2.76. The van der Waals surface area contributed by atoms with E-state index in [2.05, 4.69) is 321 Å². The normalized spacial score (nSPS) is 14.2. The summed E-state index contributed by atoms with van der Waals surface area (Å²) in [5.41, 5.74) is 39.0. The first-order valence-electron chi connectivity index (χ1n) is 32.6. The highest BCUT2D eigenvalue weighted by molar-refractivity contribution is 7.09. The van der Waals surface area contributed by atoms with Crippen molar-refractivity contribution in [1.29, 1.82) is 0 Å². The fourth-order valence-electron chi connectivity index (χ4n) is 17.5. The molecule has 0 amide bonds. The van der Waals surface area contributed by atoms with Gasteiger partial charge >= 0.3 is 0 Å². The predicted molar refractivity (Wildman–Crippen MR) is 387 cm³/mol. The monoisotopic (exact) mass is 1150 g/mol. The third kappa shape index (κ3) is 6.93. The minimum Gasteiger partial charge on any atom is -0.312 e. The van der Waals surface area contributed by atoms with Gasteiger partial charge in [0, 0.05) is 85.3 Å². The Morgan fingerprint density at radius 2 is 0.589 bits per heavy atom. The van der Waals surface area contributed by atoms with Gasteiger partial charge in [-0.25, -0.2) is 0 Å². The van der Waals surface area contributed by atoms with Crippen molar-refractivity contribution in [3.63, 3.8) is 0 Å². The summed E-state index contributed by atoms with van der Waals surface area (Å²) in [6.45, 7) is 14.1. The van der Waals surface area contributed by atoms with Crippen molar-refractivity contribution in [3.05, 3.63) is 271 Å². The molecule has 0 atom stereocenters. The number of hydrogen-bond acceptors (Lipinski definition) is 5. The Balaban J connectivity index is 0.991. The Morgan fingerprint density at radius 3 is 1.01 bits per heavy atom. The maximum Gasteiger partial charge on any atom is 0.252 e. The lowest BCUT2D eigenvalue weighted by molar-refractivity contribution is 0.812. The van der Waals surface area contributed by atoms with Gasteiger partial charge in [-0.1, -0.05) is 217 Å². The van der Waals surface area contributed by atoms with Crippen molar-refractivity contribution in [3.8, 4) is 0 Å². The number of para-hydroxylation sites is 8. The number of fused-ring (bicyclic) bond motifs is 20. The summed E-state index contributed by atoms with van der Waals surface area (Å²) in [7, 11) is 0. The molecule has 12 aromatic carbocycles. The Kier molecular flexibility index (Phi) is 11.1. The largest absolute Gasteiger partial charge is 0.312 e. The van der Waals surface area contributed by atoms with Gasteiger partial charge < -0.3 is 24.5 Å². The van der Waals surface area contributed by atoms with Crippen LogP contribution in [-0.4, -0.2) is 26.9 Å². The summed E-state index contributed by atoms with van der Waals surface area (Å²) < 4.78 is 0. The molecule has 7 heterocycles. The zero-order chi connectivity index (χ0) is 59.9. The summed E-state index contributed by atoms with van der Waals surface area (Å²) in [6, 6.07) is 98.0. The van der Waals surface area contributed by atoms with E-state index in [0.29, 0.717) is 17.8 Å². The van der Waals surface area contributed by atoms with Crippen molar-refractivity contribution in [2.24, 2.45) is 0 Å². The van der Waals surface area contributed by atoms with E-state index in [4.69, 9.17) is 0 Å². The van der Waals surface area contributed by atoms with Gasteiger partial charge in [0.1, 0.15) is 0 Å². The van der Waals surface area contributed by atoms with Crippen LogP contribution in [0.5, 0.6) is 0 Å². The van der Waals surface area contributed by atoms with Gasteiger partial charge in [-0.3, -0.25) is 0 Å². The van der Waals surface area contributed by atoms with Crippen molar-refractivity contribution >= 4 is 178 Å². The quantitative estimate of drug-likeness (QED) is 0.141. The zero-order valence-corrected chi connectivity index (χ0v) is 51.5. The average molecular weight is 1150 g/mol. The molecule has 0 aliphatic carbocycles. The van der Waals surface area contributed by atoms with Crippen LogP contribution in [0.3, 0.4) is 0 Å². The van der Waals surface area contributed by atoms with E-state index >= 15 is 0 Å². The lowest BCUT2D eigenvalue weighted by atomic mass is 9.24. The summed E-state index contributed by atoms with van der Waals surface area (Å²) in [4.78, 5) is 13.2. The molecule has 90 heavy (non-hydrogen) atoms. The number of nitrogens with zero attached hydrogens (tertiary/aromatic N) is 5. The van der Waals surface area contributed by atoms with Crippen molar-refractivity contribution in [1.82, 2.24) is 0 Å². The first-order chi connectivity index (χ1) is 44.2. The van der Waals surface area contributed by atoms with Gasteiger partial charge in [-0.15, -0.1) is 0 Å². The van der Waals surface area contributed by atoms with E-state index in [1.807, 2.05) is 0 Å². The molecule has 0 saturated carbocycles. The number of benzene rings is 12. The predicted octanol–water partition coefficient (Wildman–Crippen LogP) is 12.7. The fourth-order valence-corrected chi connectivity index (χ4v) is 17.5. The lowest BCUT2D eigenvalue weighted by Gasteiger charge is -2.56. The molecule has 0 saturated heterocycles. The van der Waals surface area contributed by atoms with Crippen LogP contribution in [0.2, 0.25) is 0 Å². The first-order valence-corrected chi connectivity index (χ1v) is 32.6. The van der Waals surface area contributed by atoms with E-state index in [1.54, 1.807) is 0 Å². The molecule has 12 aromatic rings. The van der Waals surface area contributed by atoms with Crippen molar-refractivity contribution < 1.29 is 0 Å². The molecule has 0 spiro atoms. The van der Waals surface area contributed by atoms with Gasteiger partial charge in [0.15, 0.2) is 0 Å². The molecule has 0 radical (unpaired) electrons. The van der Waals surface area contributed by atoms with Crippen LogP contribution in [0.15, 0.2) is 255 Å². The molecular weight excluding hydrogens is 1090 g/mol. The third-order valence-corrected chi connectivity index (χ3v) is 21.1. The second-order valence-electron chi connectivity index (χ2n) is 26.8. The highest BCUT2D eigenvalue weighted by Gasteiger charge is 2.58. The topological polar surface area (TPSA) is 16.2 Å². The third-order valence-electron chi connectivity index (χ3n) is 21.1. The van der Waals surface area contributed by atoms with Gasteiger partial charge in [0.25, 0.3) is 20.1 Å². The summed E-state index contributed by atoms with van der Waals surface area (Å²) >= 11 is 0. The van der Waals surface area contributed by atoms with E-state index in [1.165, 1.54) is 145 Å². The average Bonchev–Trinajstić information content (AvgIpc) is 0.649. The zero-order valence-electron chi connectivity index (χ0n) is 51.5. The fraction of sp³-hybridized carbons (Fsp3) is 0.111. The van der Waals surface area contributed by atoms with E-state index in [-0.39, 0.29) is 26.9 Å². The van der Waals surface area contributed by atoms with Gasteiger partial charge in [-0.05, 0) is 179 Å². The first kappa shape index (κ1) is 51.9. The standard InChI is InChI=1S/C81H63B4N5/c1-49(2)52-44-57(50(3)4)75(58(45-52)51(5)6)84-59-32-16-21-37-67(59)87(55-30-14-9-15-31-55)73-48-74-66(47-65(73)84)85-64-43-42-56(86(53-26-10-7-11-27-53)54-28-12-8-13-29-54)46-72(64)89-70-40-24-19-35-62(70)82-60-33-17-22-38-68(60)88-69-39-23-18-34-61(69)83-63-36-20-25-41-71(63)90(74)81-77(83)79(88)76(82)80(89)78(81)85/h7-51H,1-6H3. The van der Waals surface area contributed by atoms with Gasteiger partial charge in [0.05, 0.1) is 0 Å². The minimum absolute atomic E-state index is 0.0170. The van der Waals surface area contributed by atoms with Crippen LogP contribution in [0, 0.1) is 0 Å². The van der Waals surface area contributed by atoms with Crippen LogP contribution < -0.4 is 90.1 Å². The summed E-state index contributed by atoms with van der Waals surface area (Å²) in [6.07, 6.45) is 0. The second-order valence-corrected chi connectivity index (χ2v) is 26.8. The molecule has 5 nitrogen and oxygen atoms in total. The summed E-state index contributed by atoms with van der Waals surface area (Å²) in [5, 5.41) is 0. The van der Waals surface area contributed by atoms with E-state index < -0.39 is 0 Å². The highest BCUT2D eigenvalue weighted by Crippen LogP contribution is 2.53. The number of rotatable bonds is 8. The molecule has 9 heteroatoms. The SMILES string of the molecule is CC(C)c1cc(C(C)C)c(B2c3ccccc3N(c3ccccc3)c3cc4c(cc32)B2c3ccc(N(c5ccccc5)c5ccccc5)cc3N3c5ccccc5B5c6ccccc6N6c7ccccc7B7c8ccccc8N4c4c7c6c5c3c42)c(C(C)C)c1. The second kappa shape index (κ2) is 19.2. The smallest absolute Gasteiger partial charge is 0.252 e. The molecule has 19 rings (SSSR count). The Labute approximate surface area is 529 Å². The summed E-state index contributed by atoms with van der Waals surface area (Å²) in [5.74, 6) is 0.976. The Morgan fingerprint density at radius 1 is 0.256 bits per heavy atom. The Bertz CT molecular complexity index is 4950. The molecule has 0 fully saturated rings. The van der Waals surface area contributed by atoms with Crippen molar-refractivity contribution in [2.45, 2.75) is 59.3 Å². The van der Waals surface area contributed by atoms with Gasteiger partial charge in [-0.2, -0.15) is 0 Å². The van der Waals surface area contributed by atoms with Crippen LogP contribution in [0.4, 0.5) is 85.3 Å². The van der Waals surface area contributed by atoms with Crippen LogP contribution in [-0.2, 0) is 0 Å². The highest BCUT2D eigenvalue weighted by atomic mass is 15.2. The molecule has 424 valence electrons. The van der Waals surface area contributed by atoms with E-state index in [9.17, 15) is 0 Å². The molecule has 0 bridgehead atoms. The number of anilines is 15. The van der Waals surface area contributed by atoms with E-state index in [0.717, 1.165) is 22.7 Å². The Hall–Kier alpha value is -10.1. The molecule has 0 unspecified atom stereocenters. The van der Waals surface area contributed by atoms with Crippen LogP contribution >= 0.6 is 0 Å². The maximum absolute atomic E-state index is 2.76. The molecular formula is C81H63B4N5. The molecule has 7 aliphatic rings. The van der Waals surface area contributed by atoms with Crippen molar-refractivity contribution in [2.75, 3.05) is 24.5 Å². The van der Waals surface area contributed by atoms with Crippen LogP contribution in [0.25, 0.3) is 0 Å². The molecule has 0 N–H and O–H groups in total. The molecule has 7 aliphatic heterocycles. The lowest BCUT2D eigenvalue weighted by Crippen LogP contribution is -2.75. The minimum atomic E-state index is -0.157. The number of hydrogen-bond donors (Lipinski definition) is 0. The molecule has 0 aromatic heterocycles. The van der Waals surface area contributed by atoms with Gasteiger partial charge in [0.2, 0.25) is 6.71 Å².